The normalized spacial score (nSPS) is 13.5. The summed E-state index contributed by atoms with van der Waals surface area (Å²) in [5, 5.41) is 18.5. The average Bonchev–Trinajstić information content (AvgIpc) is 3.41. The molecule has 3 aromatic rings. The fourth-order valence-corrected chi connectivity index (χ4v) is 4.20. The quantitative estimate of drug-likeness (QED) is 0.431. The zero-order chi connectivity index (χ0) is 24.9. The molecule has 1 unspecified atom stereocenters. The summed E-state index contributed by atoms with van der Waals surface area (Å²) in [5.41, 5.74) is 5.14. The van der Waals surface area contributed by atoms with Crippen LogP contribution in [0, 0.1) is 0 Å². The Balaban J connectivity index is 1.30. The van der Waals surface area contributed by atoms with Crippen molar-refractivity contribution < 1.29 is 24.2 Å². The molecule has 9 nitrogen and oxygen atoms in total. The number of fused-ring (bicyclic) bond motifs is 3. The fraction of sp³-hybridized carbons (Fsp3) is 0.231. The van der Waals surface area contributed by atoms with Gasteiger partial charge in [-0.3, -0.25) is 9.48 Å². The van der Waals surface area contributed by atoms with Gasteiger partial charge in [-0.15, -0.1) is 0 Å². The van der Waals surface area contributed by atoms with Gasteiger partial charge in [-0.1, -0.05) is 54.6 Å². The van der Waals surface area contributed by atoms with E-state index in [-0.39, 0.29) is 24.6 Å². The number of hydrogen-bond acceptors (Lipinski definition) is 5. The van der Waals surface area contributed by atoms with Crippen LogP contribution in [-0.2, 0) is 21.4 Å². The summed E-state index contributed by atoms with van der Waals surface area (Å²) < 4.78 is 6.86. The first-order valence-electron chi connectivity index (χ1n) is 11.1. The number of carbonyl (C=O) groups is 3. The van der Waals surface area contributed by atoms with Crippen molar-refractivity contribution in [1.29, 1.82) is 0 Å². The maximum Gasteiger partial charge on any atom is 0.407 e. The van der Waals surface area contributed by atoms with E-state index in [1.807, 2.05) is 36.4 Å². The highest BCUT2D eigenvalue weighted by molar-refractivity contribution is 5.95. The van der Waals surface area contributed by atoms with E-state index in [4.69, 9.17) is 4.74 Å². The molecular formula is C26H26N4O5. The van der Waals surface area contributed by atoms with Gasteiger partial charge in [-0.05, 0) is 35.2 Å². The molecule has 4 rings (SSSR count). The highest BCUT2D eigenvalue weighted by atomic mass is 16.5. The topological polar surface area (TPSA) is 123 Å². The van der Waals surface area contributed by atoms with Crippen molar-refractivity contribution in [3.63, 3.8) is 0 Å². The number of carbonyl (C=O) groups excluding carboxylic acids is 2. The zero-order valence-electron chi connectivity index (χ0n) is 19.4. The van der Waals surface area contributed by atoms with Gasteiger partial charge in [0.25, 0.3) is 0 Å². The molecule has 0 saturated heterocycles. The lowest BCUT2D eigenvalue weighted by Gasteiger charge is -2.15. The van der Waals surface area contributed by atoms with E-state index in [0.29, 0.717) is 5.69 Å². The van der Waals surface area contributed by atoms with Crippen molar-refractivity contribution in [1.82, 2.24) is 20.4 Å². The number of amides is 2. The van der Waals surface area contributed by atoms with E-state index < -0.39 is 24.0 Å². The summed E-state index contributed by atoms with van der Waals surface area (Å²) in [6, 6.07) is 16.4. The first kappa shape index (κ1) is 23.7. The van der Waals surface area contributed by atoms with Gasteiger partial charge in [0.15, 0.2) is 6.04 Å². The van der Waals surface area contributed by atoms with E-state index in [0.717, 1.165) is 22.3 Å². The van der Waals surface area contributed by atoms with Gasteiger partial charge in [-0.2, -0.15) is 5.10 Å². The molecule has 1 aliphatic carbocycles. The molecule has 9 heteroatoms. The van der Waals surface area contributed by atoms with Crippen molar-refractivity contribution in [3.05, 3.63) is 89.3 Å². The molecule has 1 atom stereocenters. The van der Waals surface area contributed by atoms with E-state index in [1.54, 1.807) is 7.05 Å². The zero-order valence-corrected chi connectivity index (χ0v) is 19.4. The van der Waals surface area contributed by atoms with Crippen LogP contribution in [0.25, 0.3) is 11.1 Å². The Morgan fingerprint density at radius 2 is 1.71 bits per heavy atom. The van der Waals surface area contributed by atoms with Crippen LogP contribution in [0.5, 0.6) is 0 Å². The number of nitrogens with zero attached hydrogens (tertiary/aromatic N) is 2. The largest absolute Gasteiger partial charge is 0.479 e. The highest BCUT2D eigenvalue weighted by Gasteiger charge is 2.29. The molecule has 1 aromatic heterocycles. The van der Waals surface area contributed by atoms with Crippen LogP contribution in [0.3, 0.4) is 0 Å². The maximum atomic E-state index is 12.5. The minimum Gasteiger partial charge on any atom is -0.479 e. The van der Waals surface area contributed by atoms with Crippen LogP contribution in [0.2, 0.25) is 0 Å². The van der Waals surface area contributed by atoms with Crippen LogP contribution in [0.4, 0.5) is 4.79 Å². The number of rotatable bonds is 8. The van der Waals surface area contributed by atoms with Crippen molar-refractivity contribution in [3.8, 4) is 11.1 Å². The summed E-state index contributed by atoms with van der Waals surface area (Å²) in [4.78, 5) is 36.3. The van der Waals surface area contributed by atoms with Crippen LogP contribution in [-0.4, -0.2) is 46.0 Å². The van der Waals surface area contributed by atoms with Crippen molar-refractivity contribution in [2.24, 2.45) is 7.05 Å². The SMILES string of the molecule is C/C(=C\CNC(=O)OCC1c2ccccc2-c2ccccc21)C(=O)NC(C(=O)O)c1ccnn1C. The van der Waals surface area contributed by atoms with Gasteiger partial charge >= 0.3 is 12.1 Å². The van der Waals surface area contributed by atoms with Gasteiger partial charge in [0, 0.05) is 31.3 Å². The number of aryl methyl sites for hydroxylation is 1. The number of alkyl carbamates (subject to hydrolysis) is 1. The third-order valence-corrected chi connectivity index (χ3v) is 6.03. The lowest BCUT2D eigenvalue weighted by atomic mass is 9.98. The van der Waals surface area contributed by atoms with Crippen LogP contribution >= 0.6 is 0 Å². The predicted molar refractivity (Wildman–Crippen MR) is 129 cm³/mol. The smallest absolute Gasteiger partial charge is 0.407 e. The summed E-state index contributed by atoms with van der Waals surface area (Å²) in [7, 11) is 1.60. The molecule has 0 aliphatic heterocycles. The molecule has 2 aromatic carbocycles. The van der Waals surface area contributed by atoms with Crippen molar-refractivity contribution >= 4 is 18.0 Å². The van der Waals surface area contributed by atoms with Crippen LogP contribution in [0.1, 0.15) is 35.7 Å². The minimum atomic E-state index is -1.24. The summed E-state index contributed by atoms with van der Waals surface area (Å²) in [5.74, 6) is -1.81. The van der Waals surface area contributed by atoms with E-state index in [1.165, 1.54) is 29.9 Å². The molecule has 0 fully saturated rings. The monoisotopic (exact) mass is 474 g/mol. The van der Waals surface area contributed by atoms with E-state index in [2.05, 4.69) is 27.9 Å². The molecule has 0 radical (unpaired) electrons. The molecule has 180 valence electrons. The van der Waals surface area contributed by atoms with Gasteiger partial charge in [0.1, 0.15) is 6.61 Å². The first-order valence-corrected chi connectivity index (χ1v) is 11.1. The first-order chi connectivity index (χ1) is 16.9. The molecule has 0 bridgehead atoms. The third kappa shape index (κ3) is 5.08. The Morgan fingerprint density at radius 3 is 2.29 bits per heavy atom. The number of nitrogens with one attached hydrogen (secondary N) is 2. The molecule has 0 spiro atoms. The average molecular weight is 475 g/mol. The van der Waals surface area contributed by atoms with Crippen molar-refractivity contribution in [2.75, 3.05) is 13.2 Å². The Hall–Kier alpha value is -4.40. The number of ether oxygens (including phenoxy) is 1. The molecular weight excluding hydrogens is 448 g/mol. The Kier molecular flexibility index (Phi) is 6.96. The van der Waals surface area contributed by atoms with Gasteiger partial charge in [0.05, 0.1) is 5.69 Å². The Morgan fingerprint density at radius 1 is 1.09 bits per heavy atom. The fourth-order valence-electron chi connectivity index (χ4n) is 4.20. The van der Waals surface area contributed by atoms with E-state index in [9.17, 15) is 19.5 Å². The predicted octanol–water partition coefficient (Wildman–Crippen LogP) is 3.15. The second kappa shape index (κ2) is 10.3. The Bertz CT molecular complexity index is 1250. The molecule has 1 aliphatic rings. The lowest BCUT2D eigenvalue weighted by Crippen LogP contribution is -2.35. The number of aliphatic carboxylic acids is 1. The second-order valence-corrected chi connectivity index (χ2v) is 8.22. The van der Waals surface area contributed by atoms with Crippen LogP contribution < -0.4 is 10.6 Å². The summed E-state index contributed by atoms with van der Waals surface area (Å²) >= 11 is 0. The summed E-state index contributed by atoms with van der Waals surface area (Å²) in [6.07, 6.45) is 2.35. The van der Waals surface area contributed by atoms with Gasteiger partial charge in [-0.25, -0.2) is 9.59 Å². The Labute approximate surface area is 202 Å². The summed E-state index contributed by atoms with van der Waals surface area (Å²) in [6.45, 7) is 1.78. The number of benzene rings is 2. The molecule has 35 heavy (non-hydrogen) atoms. The highest BCUT2D eigenvalue weighted by Crippen LogP contribution is 2.44. The standard InChI is InChI=1S/C26H26N4O5/c1-16(24(31)29-23(25(32)33)22-12-14-28-30(22)2)11-13-27-26(34)35-15-21-19-9-5-3-7-17(19)18-8-4-6-10-20(18)21/h3-12,14,21,23H,13,15H2,1-2H3,(H,27,34)(H,29,31)(H,32,33)/b16-11+. The second-order valence-electron chi connectivity index (χ2n) is 8.22. The number of aromatic nitrogens is 2. The molecule has 3 N–H and O–H groups in total. The van der Waals surface area contributed by atoms with Gasteiger partial charge in [0.2, 0.25) is 5.91 Å². The number of hydrogen-bond donors (Lipinski definition) is 3. The molecule has 2 amide bonds. The van der Waals surface area contributed by atoms with E-state index >= 15 is 0 Å². The van der Waals surface area contributed by atoms with Crippen molar-refractivity contribution in [2.45, 2.75) is 18.9 Å². The molecule has 0 saturated carbocycles. The van der Waals surface area contributed by atoms with Crippen LogP contribution in [0.15, 0.2) is 72.4 Å². The third-order valence-electron chi connectivity index (χ3n) is 6.03. The lowest BCUT2D eigenvalue weighted by molar-refractivity contribution is -0.141. The maximum absolute atomic E-state index is 12.5. The minimum absolute atomic E-state index is 0.0452. The number of carboxylic acids is 1. The number of carboxylic acid groups (broad SMARTS) is 1. The van der Waals surface area contributed by atoms with Gasteiger partial charge < -0.3 is 20.5 Å². The molecule has 1 heterocycles.